The summed E-state index contributed by atoms with van der Waals surface area (Å²) < 4.78 is 0. The van der Waals surface area contributed by atoms with E-state index in [2.05, 4.69) is 15.2 Å². The molecule has 0 unspecified atom stereocenters. The van der Waals surface area contributed by atoms with Crippen molar-refractivity contribution >= 4 is 29.1 Å². The van der Waals surface area contributed by atoms with Crippen LogP contribution in [0.4, 0.5) is 5.69 Å². The summed E-state index contributed by atoms with van der Waals surface area (Å²) in [4.78, 5) is 33.8. The van der Waals surface area contributed by atoms with Gasteiger partial charge in [0.2, 0.25) is 5.91 Å². The van der Waals surface area contributed by atoms with Gasteiger partial charge in [0.15, 0.2) is 0 Å². The van der Waals surface area contributed by atoms with Gasteiger partial charge in [-0.2, -0.15) is 0 Å². The van der Waals surface area contributed by atoms with Crippen LogP contribution in [0.2, 0.25) is 5.02 Å². The summed E-state index contributed by atoms with van der Waals surface area (Å²) in [6.45, 7) is 4.43. The molecule has 6 nitrogen and oxygen atoms in total. The number of benzene rings is 2. The molecule has 1 aliphatic heterocycles. The van der Waals surface area contributed by atoms with E-state index in [4.69, 9.17) is 11.6 Å². The van der Waals surface area contributed by atoms with Gasteiger partial charge in [-0.1, -0.05) is 48.0 Å². The van der Waals surface area contributed by atoms with Gasteiger partial charge in [0, 0.05) is 42.5 Å². The summed E-state index contributed by atoms with van der Waals surface area (Å²) in [6.07, 6.45) is 0. The van der Waals surface area contributed by atoms with E-state index >= 15 is 0 Å². The average molecular weight is 449 g/mol. The minimum absolute atomic E-state index is 0.0319. The third kappa shape index (κ3) is 5.08. The Bertz CT molecular complexity index is 1110. The number of nitrogens with zero attached hydrogens (tertiary/aromatic N) is 3. The maximum Gasteiger partial charge on any atom is 0.253 e. The van der Waals surface area contributed by atoms with E-state index in [0.29, 0.717) is 29.4 Å². The topological polar surface area (TPSA) is 65.5 Å². The van der Waals surface area contributed by atoms with Crippen molar-refractivity contribution in [1.29, 1.82) is 0 Å². The van der Waals surface area contributed by atoms with Crippen LogP contribution in [0.25, 0.3) is 11.3 Å². The number of hydrogen-bond acceptors (Lipinski definition) is 4. The Kier molecular flexibility index (Phi) is 6.71. The fourth-order valence-corrected chi connectivity index (χ4v) is 4.01. The van der Waals surface area contributed by atoms with Gasteiger partial charge >= 0.3 is 0 Å². The molecule has 1 fully saturated rings. The maximum absolute atomic E-state index is 12.6. The molecule has 0 saturated carbocycles. The number of nitrogens with one attached hydrogen (secondary N) is 1. The number of rotatable bonds is 5. The molecule has 2 aromatic carbocycles. The van der Waals surface area contributed by atoms with E-state index in [-0.39, 0.29) is 18.4 Å². The van der Waals surface area contributed by atoms with Crippen LogP contribution < -0.4 is 10.2 Å². The van der Waals surface area contributed by atoms with Crippen molar-refractivity contribution in [3.05, 3.63) is 83.0 Å². The molecule has 1 saturated heterocycles. The van der Waals surface area contributed by atoms with E-state index in [9.17, 15) is 9.59 Å². The van der Waals surface area contributed by atoms with Crippen molar-refractivity contribution in [2.45, 2.75) is 6.92 Å². The predicted octanol–water partition coefficient (Wildman–Crippen LogP) is 3.79. The zero-order valence-electron chi connectivity index (χ0n) is 17.9. The Morgan fingerprint density at radius 2 is 1.72 bits per heavy atom. The Hall–Kier alpha value is -3.38. The van der Waals surface area contributed by atoms with Crippen LogP contribution >= 0.6 is 11.6 Å². The number of anilines is 1. The number of piperazine rings is 1. The molecular formula is C25H25ClN4O2. The van der Waals surface area contributed by atoms with Crippen molar-refractivity contribution in [1.82, 2.24) is 15.2 Å². The van der Waals surface area contributed by atoms with Gasteiger partial charge in [-0.15, -0.1) is 0 Å². The van der Waals surface area contributed by atoms with E-state index in [1.54, 1.807) is 17.9 Å². The molecule has 0 bridgehead atoms. The van der Waals surface area contributed by atoms with E-state index < -0.39 is 0 Å². The van der Waals surface area contributed by atoms with Gasteiger partial charge in [-0.3, -0.25) is 14.6 Å². The van der Waals surface area contributed by atoms with Crippen molar-refractivity contribution in [3.63, 3.8) is 0 Å². The van der Waals surface area contributed by atoms with Crippen LogP contribution in [0.1, 0.15) is 16.1 Å². The largest absolute Gasteiger partial charge is 0.368 e. The van der Waals surface area contributed by atoms with Crippen molar-refractivity contribution in [2.24, 2.45) is 0 Å². The first-order valence-electron chi connectivity index (χ1n) is 10.6. The SMILES string of the molecule is Cc1nc(-c2ccccc2)ccc1C(=O)NCC(=O)N1CCN(c2cccc(Cl)c2)CC1. The summed E-state index contributed by atoms with van der Waals surface area (Å²) >= 11 is 6.08. The molecule has 2 amide bonds. The van der Waals surface area contributed by atoms with Gasteiger partial charge in [0.25, 0.3) is 5.91 Å². The van der Waals surface area contributed by atoms with E-state index in [1.165, 1.54) is 0 Å². The number of carbonyl (C=O) groups excluding carboxylic acids is 2. The lowest BCUT2D eigenvalue weighted by molar-refractivity contribution is -0.130. The minimum atomic E-state index is -0.291. The molecule has 1 N–H and O–H groups in total. The zero-order chi connectivity index (χ0) is 22.5. The summed E-state index contributed by atoms with van der Waals surface area (Å²) in [5.74, 6) is -0.379. The third-order valence-electron chi connectivity index (χ3n) is 5.61. The highest BCUT2D eigenvalue weighted by molar-refractivity contribution is 6.30. The molecular weight excluding hydrogens is 424 g/mol. The number of carbonyl (C=O) groups is 2. The molecule has 3 aromatic rings. The number of aromatic nitrogens is 1. The van der Waals surface area contributed by atoms with Crippen molar-refractivity contribution in [2.75, 3.05) is 37.6 Å². The molecule has 0 aliphatic carbocycles. The van der Waals surface area contributed by atoms with Gasteiger partial charge in [-0.05, 0) is 37.3 Å². The highest BCUT2D eigenvalue weighted by atomic mass is 35.5. The van der Waals surface area contributed by atoms with Crippen LogP contribution in [0, 0.1) is 6.92 Å². The standard InChI is InChI=1S/C25H25ClN4O2/c1-18-22(10-11-23(28-18)19-6-3-2-4-7-19)25(32)27-17-24(31)30-14-12-29(13-15-30)21-9-5-8-20(26)16-21/h2-11,16H,12-15,17H2,1H3,(H,27,32). The summed E-state index contributed by atoms with van der Waals surface area (Å²) in [7, 11) is 0. The average Bonchev–Trinajstić information content (AvgIpc) is 2.83. The molecule has 0 spiro atoms. The van der Waals surface area contributed by atoms with Crippen LogP contribution in [0.3, 0.4) is 0 Å². The monoisotopic (exact) mass is 448 g/mol. The number of aryl methyl sites for hydroxylation is 1. The molecule has 1 aliphatic rings. The second-order valence-electron chi connectivity index (χ2n) is 7.73. The van der Waals surface area contributed by atoms with E-state index in [1.807, 2.05) is 60.7 Å². The summed E-state index contributed by atoms with van der Waals surface area (Å²) in [6, 6.07) is 21.1. The number of hydrogen-bond donors (Lipinski definition) is 1. The molecule has 32 heavy (non-hydrogen) atoms. The fraction of sp³-hybridized carbons (Fsp3) is 0.240. The Morgan fingerprint density at radius 1 is 0.969 bits per heavy atom. The number of pyridine rings is 1. The first kappa shape index (κ1) is 21.8. The lowest BCUT2D eigenvalue weighted by Crippen LogP contribution is -2.51. The molecule has 164 valence electrons. The molecule has 0 atom stereocenters. The molecule has 2 heterocycles. The summed E-state index contributed by atoms with van der Waals surface area (Å²) in [5.41, 5.74) is 3.97. The van der Waals surface area contributed by atoms with Crippen LogP contribution in [-0.2, 0) is 4.79 Å². The second kappa shape index (κ2) is 9.83. The zero-order valence-corrected chi connectivity index (χ0v) is 18.7. The number of halogens is 1. The highest BCUT2D eigenvalue weighted by Gasteiger charge is 2.22. The Morgan fingerprint density at radius 3 is 2.41 bits per heavy atom. The van der Waals surface area contributed by atoms with Gasteiger partial charge < -0.3 is 15.1 Å². The summed E-state index contributed by atoms with van der Waals surface area (Å²) in [5, 5.41) is 3.44. The lowest BCUT2D eigenvalue weighted by atomic mass is 10.1. The highest BCUT2D eigenvalue weighted by Crippen LogP contribution is 2.21. The van der Waals surface area contributed by atoms with Gasteiger partial charge in [0.1, 0.15) is 0 Å². The van der Waals surface area contributed by atoms with Crippen LogP contribution in [-0.4, -0.2) is 54.4 Å². The quantitative estimate of drug-likeness (QED) is 0.645. The fourth-order valence-electron chi connectivity index (χ4n) is 3.82. The van der Waals surface area contributed by atoms with Crippen LogP contribution in [0.5, 0.6) is 0 Å². The first-order valence-corrected chi connectivity index (χ1v) is 11.0. The number of amides is 2. The second-order valence-corrected chi connectivity index (χ2v) is 8.16. The smallest absolute Gasteiger partial charge is 0.253 e. The normalized spacial score (nSPS) is 13.7. The molecule has 7 heteroatoms. The molecule has 0 radical (unpaired) electrons. The third-order valence-corrected chi connectivity index (χ3v) is 5.84. The Balaban J connectivity index is 1.30. The molecule has 4 rings (SSSR count). The van der Waals surface area contributed by atoms with E-state index in [0.717, 1.165) is 30.0 Å². The molecule has 1 aromatic heterocycles. The lowest BCUT2D eigenvalue weighted by Gasteiger charge is -2.36. The van der Waals surface area contributed by atoms with Crippen molar-refractivity contribution in [3.8, 4) is 11.3 Å². The minimum Gasteiger partial charge on any atom is -0.368 e. The van der Waals surface area contributed by atoms with Gasteiger partial charge in [0.05, 0.1) is 23.5 Å². The predicted molar refractivity (Wildman–Crippen MR) is 127 cm³/mol. The van der Waals surface area contributed by atoms with Crippen LogP contribution in [0.15, 0.2) is 66.7 Å². The first-order chi connectivity index (χ1) is 15.5. The van der Waals surface area contributed by atoms with Crippen molar-refractivity contribution < 1.29 is 9.59 Å². The van der Waals surface area contributed by atoms with Gasteiger partial charge in [-0.25, -0.2) is 0 Å². The maximum atomic E-state index is 12.6. The Labute approximate surface area is 192 Å².